The normalized spacial score (nSPS) is 11.5. The molecule has 0 saturated carbocycles. The predicted octanol–water partition coefficient (Wildman–Crippen LogP) is 2.06. The number of nitrogens with zero attached hydrogens (tertiary/aromatic N) is 1. The van der Waals surface area contributed by atoms with E-state index in [1.54, 1.807) is 17.6 Å². The lowest BCUT2D eigenvalue weighted by atomic mass is 10.2. The van der Waals surface area contributed by atoms with Crippen LogP contribution in [-0.2, 0) is 10.1 Å². The first-order valence-corrected chi connectivity index (χ1v) is 6.42. The molecule has 4 nitrogen and oxygen atoms in total. The molecule has 1 aromatic heterocycles. The fourth-order valence-electron chi connectivity index (χ4n) is 1.15. The van der Waals surface area contributed by atoms with Gasteiger partial charge in [-0.2, -0.15) is 8.42 Å². The Labute approximate surface area is 91.0 Å². The highest BCUT2D eigenvalue weighted by atomic mass is 32.2. The Kier molecular flexibility index (Phi) is 2.56. The zero-order chi connectivity index (χ0) is 10.9. The highest BCUT2D eigenvalue weighted by Crippen LogP contribution is 2.20. The summed E-state index contributed by atoms with van der Waals surface area (Å²) in [5.41, 5.74) is 3.32. The molecule has 78 valence electrons. The maximum atomic E-state index is 10.8. The van der Waals surface area contributed by atoms with E-state index in [0.717, 1.165) is 11.3 Å². The van der Waals surface area contributed by atoms with Crippen LogP contribution in [0.4, 0.5) is 0 Å². The molecule has 0 fully saturated rings. The molecule has 0 spiro atoms. The summed E-state index contributed by atoms with van der Waals surface area (Å²) in [6, 6.07) is 5.92. The van der Waals surface area contributed by atoms with Crippen LogP contribution in [0.2, 0.25) is 0 Å². The summed E-state index contributed by atoms with van der Waals surface area (Å²) >= 11 is 1.47. The second-order valence-electron chi connectivity index (χ2n) is 2.87. The van der Waals surface area contributed by atoms with E-state index in [1.807, 2.05) is 5.38 Å². The lowest BCUT2D eigenvalue weighted by molar-refractivity contribution is 0.483. The van der Waals surface area contributed by atoms with Crippen molar-refractivity contribution in [3.05, 3.63) is 35.2 Å². The first-order valence-electron chi connectivity index (χ1n) is 4.03. The lowest BCUT2D eigenvalue weighted by Crippen LogP contribution is -1.97. The standard InChI is InChI=1S/C9H7NO3S2/c11-15(12,13)8-3-1-7(2-4-8)9-5-14-6-10-9/h1-6H,(H,11,12,13). The van der Waals surface area contributed by atoms with Gasteiger partial charge in [-0.25, -0.2) is 4.98 Å². The molecule has 1 N–H and O–H groups in total. The van der Waals surface area contributed by atoms with Gasteiger partial charge in [-0.1, -0.05) is 12.1 Å². The van der Waals surface area contributed by atoms with Gasteiger partial charge >= 0.3 is 0 Å². The van der Waals surface area contributed by atoms with E-state index in [1.165, 1.54) is 23.5 Å². The molecule has 0 radical (unpaired) electrons. The van der Waals surface area contributed by atoms with Crippen molar-refractivity contribution >= 4 is 21.5 Å². The van der Waals surface area contributed by atoms with Gasteiger partial charge in [-0.3, -0.25) is 4.55 Å². The second-order valence-corrected chi connectivity index (χ2v) is 5.01. The van der Waals surface area contributed by atoms with Crippen LogP contribution < -0.4 is 0 Å². The molecule has 0 unspecified atom stereocenters. The third-order valence-corrected chi connectivity index (χ3v) is 3.33. The third-order valence-electron chi connectivity index (χ3n) is 1.88. The van der Waals surface area contributed by atoms with Crippen molar-refractivity contribution in [2.75, 3.05) is 0 Å². The van der Waals surface area contributed by atoms with E-state index in [0.29, 0.717) is 0 Å². The van der Waals surface area contributed by atoms with Crippen LogP contribution in [0.1, 0.15) is 0 Å². The minimum Gasteiger partial charge on any atom is -0.282 e. The molecule has 0 aliphatic heterocycles. The highest BCUT2D eigenvalue weighted by Gasteiger charge is 2.09. The quantitative estimate of drug-likeness (QED) is 0.817. The highest BCUT2D eigenvalue weighted by molar-refractivity contribution is 7.85. The van der Waals surface area contributed by atoms with E-state index in [-0.39, 0.29) is 4.90 Å². The Morgan fingerprint density at radius 3 is 2.33 bits per heavy atom. The van der Waals surface area contributed by atoms with Crippen molar-refractivity contribution in [2.45, 2.75) is 4.90 Å². The molecule has 6 heteroatoms. The first-order chi connectivity index (χ1) is 7.07. The minimum atomic E-state index is -4.11. The van der Waals surface area contributed by atoms with Gasteiger partial charge in [0, 0.05) is 10.9 Å². The summed E-state index contributed by atoms with van der Waals surface area (Å²) < 4.78 is 30.3. The first kappa shape index (κ1) is 10.3. The van der Waals surface area contributed by atoms with Gasteiger partial charge < -0.3 is 0 Å². The zero-order valence-electron chi connectivity index (χ0n) is 7.49. The monoisotopic (exact) mass is 241 g/mol. The predicted molar refractivity (Wildman–Crippen MR) is 57.4 cm³/mol. The Morgan fingerprint density at radius 1 is 1.20 bits per heavy atom. The Morgan fingerprint density at radius 2 is 1.87 bits per heavy atom. The average Bonchev–Trinajstić information content (AvgIpc) is 2.69. The van der Waals surface area contributed by atoms with Crippen molar-refractivity contribution in [3.8, 4) is 11.3 Å². The zero-order valence-corrected chi connectivity index (χ0v) is 9.12. The van der Waals surface area contributed by atoms with Gasteiger partial charge in [0.05, 0.1) is 16.1 Å². The van der Waals surface area contributed by atoms with Gasteiger partial charge in [0.25, 0.3) is 10.1 Å². The van der Waals surface area contributed by atoms with E-state index >= 15 is 0 Å². The van der Waals surface area contributed by atoms with Crippen LogP contribution in [0.25, 0.3) is 11.3 Å². The number of rotatable bonds is 2. The lowest BCUT2D eigenvalue weighted by Gasteiger charge is -1.98. The maximum Gasteiger partial charge on any atom is 0.294 e. The molecule has 1 aromatic carbocycles. The molecule has 0 aliphatic carbocycles. The molecule has 0 atom stereocenters. The minimum absolute atomic E-state index is 0.110. The maximum absolute atomic E-state index is 10.8. The summed E-state index contributed by atoms with van der Waals surface area (Å²) in [6.07, 6.45) is 0. The second kappa shape index (κ2) is 3.73. The smallest absolute Gasteiger partial charge is 0.282 e. The molecule has 1 heterocycles. The third kappa shape index (κ3) is 2.23. The summed E-state index contributed by atoms with van der Waals surface area (Å²) in [7, 11) is -4.11. The van der Waals surface area contributed by atoms with Crippen LogP contribution >= 0.6 is 11.3 Å². The number of thiazole rings is 1. The van der Waals surface area contributed by atoms with E-state index in [2.05, 4.69) is 4.98 Å². The van der Waals surface area contributed by atoms with Crippen LogP contribution in [0, 0.1) is 0 Å². The molecule has 0 aliphatic rings. The summed E-state index contributed by atoms with van der Waals surface area (Å²) in [6.45, 7) is 0. The molecule has 2 aromatic rings. The number of hydrogen-bond donors (Lipinski definition) is 1. The molecular formula is C9H7NO3S2. The Bertz CT molecular complexity index is 544. The van der Waals surface area contributed by atoms with Gasteiger partial charge in [0.15, 0.2) is 0 Å². The molecule has 2 rings (SSSR count). The molecular weight excluding hydrogens is 234 g/mol. The number of benzene rings is 1. The SMILES string of the molecule is O=S(=O)(O)c1ccc(-c2cscn2)cc1. The van der Waals surface area contributed by atoms with Gasteiger partial charge in [0.2, 0.25) is 0 Å². The average molecular weight is 241 g/mol. The molecule has 0 saturated heterocycles. The Balaban J connectivity index is 2.42. The molecule has 0 amide bonds. The Hall–Kier alpha value is -1.24. The number of hydrogen-bond acceptors (Lipinski definition) is 4. The number of aromatic nitrogens is 1. The van der Waals surface area contributed by atoms with Crippen LogP contribution in [0.15, 0.2) is 40.1 Å². The van der Waals surface area contributed by atoms with Crippen molar-refractivity contribution in [2.24, 2.45) is 0 Å². The fourth-order valence-corrected chi connectivity index (χ4v) is 2.19. The van der Waals surface area contributed by atoms with Crippen molar-refractivity contribution < 1.29 is 13.0 Å². The van der Waals surface area contributed by atoms with Crippen molar-refractivity contribution in [1.29, 1.82) is 0 Å². The molecule has 15 heavy (non-hydrogen) atoms. The topological polar surface area (TPSA) is 67.3 Å². The molecule has 0 bridgehead atoms. The van der Waals surface area contributed by atoms with E-state index in [9.17, 15) is 8.42 Å². The van der Waals surface area contributed by atoms with E-state index in [4.69, 9.17) is 4.55 Å². The van der Waals surface area contributed by atoms with Crippen LogP contribution in [0.5, 0.6) is 0 Å². The van der Waals surface area contributed by atoms with Crippen LogP contribution in [0.3, 0.4) is 0 Å². The van der Waals surface area contributed by atoms with E-state index < -0.39 is 10.1 Å². The van der Waals surface area contributed by atoms with Crippen molar-refractivity contribution in [3.63, 3.8) is 0 Å². The van der Waals surface area contributed by atoms with Gasteiger partial charge in [-0.05, 0) is 12.1 Å². The summed E-state index contributed by atoms with van der Waals surface area (Å²) in [4.78, 5) is 3.98. The largest absolute Gasteiger partial charge is 0.294 e. The fraction of sp³-hybridized carbons (Fsp3) is 0. The summed E-state index contributed by atoms with van der Waals surface area (Å²) in [5, 5.41) is 1.86. The van der Waals surface area contributed by atoms with Crippen molar-refractivity contribution in [1.82, 2.24) is 4.98 Å². The van der Waals surface area contributed by atoms with Crippen LogP contribution in [-0.4, -0.2) is 18.0 Å². The van der Waals surface area contributed by atoms with Gasteiger partial charge in [0.1, 0.15) is 0 Å². The summed E-state index contributed by atoms with van der Waals surface area (Å²) in [5.74, 6) is 0. The van der Waals surface area contributed by atoms with Gasteiger partial charge in [-0.15, -0.1) is 11.3 Å².